The van der Waals surface area contributed by atoms with Gasteiger partial charge in [0.2, 0.25) is 5.91 Å². The van der Waals surface area contributed by atoms with E-state index in [-0.39, 0.29) is 11.9 Å². The number of piperazine rings is 1. The number of amides is 1. The van der Waals surface area contributed by atoms with Crippen molar-refractivity contribution in [3.63, 3.8) is 0 Å². The summed E-state index contributed by atoms with van der Waals surface area (Å²) in [6.07, 6.45) is 0. The molecule has 29 heavy (non-hydrogen) atoms. The molecule has 0 saturated carbocycles. The van der Waals surface area contributed by atoms with Crippen molar-refractivity contribution in [2.45, 2.75) is 13.0 Å². The van der Waals surface area contributed by atoms with E-state index in [1.807, 2.05) is 49.4 Å². The molecule has 4 rings (SSSR count). The molecule has 0 aliphatic carbocycles. The number of carbonyl (C=O) groups excluding carboxylic acids is 1. The van der Waals surface area contributed by atoms with E-state index in [0.717, 1.165) is 48.4 Å². The van der Waals surface area contributed by atoms with Gasteiger partial charge < -0.3 is 15.0 Å². The lowest BCUT2D eigenvalue weighted by Crippen LogP contribution is -2.52. The monoisotopic (exact) mass is 389 g/mol. The van der Waals surface area contributed by atoms with Gasteiger partial charge in [-0.05, 0) is 42.6 Å². The molecule has 0 radical (unpaired) electrons. The van der Waals surface area contributed by atoms with E-state index in [1.54, 1.807) is 7.11 Å². The van der Waals surface area contributed by atoms with E-state index in [9.17, 15) is 4.79 Å². The first-order chi connectivity index (χ1) is 14.2. The van der Waals surface area contributed by atoms with Gasteiger partial charge in [0.05, 0.1) is 13.2 Å². The summed E-state index contributed by atoms with van der Waals surface area (Å²) < 4.78 is 5.24. The van der Waals surface area contributed by atoms with E-state index < -0.39 is 0 Å². The molecule has 5 nitrogen and oxygen atoms in total. The lowest BCUT2D eigenvalue weighted by Gasteiger charge is -2.38. The second kappa shape index (κ2) is 8.53. The zero-order chi connectivity index (χ0) is 20.2. The fourth-order valence-corrected chi connectivity index (χ4v) is 3.90. The Morgan fingerprint density at radius 2 is 1.62 bits per heavy atom. The summed E-state index contributed by atoms with van der Waals surface area (Å²) in [5.74, 6) is 0.908. The van der Waals surface area contributed by atoms with Gasteiger partial charge in [-0.1, -0.05) is 36.4 Å². The molecule has 1 unspecified atom stereocenters. The molecule has 1 amide bonds. The van der Waals surface area contributed by atoms with Crippen LogP contribution in [-0.2, 0) is 4.79 Å². The Hall–Kier alpha value is -3.05. The first kappa shape index (κ1) is 19.3. The van der Waals surface area contributed by atoms with Crippen LogP contribution in [-0.4, -0.2) is 50.1 Å². The van der Waals surface area contributed by atoms with Crippen LogP contribution in [0.4, 0.5) is 11.4 Å². The third-order valence-electron chi connectivity index (χ3n) is 5.73. The third-order valence-corrected chi connectivity index (χ3v) is 5.73. The number of hydrogen-bond donors (Lipinski definition) is 1. The Morgan fingerprint density at radius 3 is 2.34 bits per heavy atom. The highest BCUT2D eigenvalue weighted by molar-refractivity contribution is 6.03. The second-order valence-corrected chi connectivity index (χ2v) is 7.41. The number of nitrogens with zero attached hydrogens (tertiary/aromatic N) is 2. The minimum absolute atomic E-state index is 0.0410. The molecule has 5 heteroatoms. The number of ether oxygens (including phenoxy) is 1. The molecule has 1 heterocycles. The average molecular weight is 389 g/mol. The van der Waals surface area contributed by atoms with Crippen LogP contribution >= 0.6 is 0 Å². The summed E-state index contributed by atoms with van der Waals surface area (Å²) in [6, 6.07) is 22.1. The Balaban J connectivity index is 1.37. The maximum atomic E-state index is 12.9. The van der Waals surface area contributed by atoms with Gasteiger partial charge in [0.25, 0.3) is 0 Å². The van der Waals surface area contributed by atoms with Crippen LogP contribution in [0.5, 0.6) is 5.75 Å². The summed E-state index contributed by atoms with van der Waals surface area (Å²) in [4.78, 5) is 17.5. The molecule has 3 aromatic rings. The van der Waals surface area contributed by atoms with Crippen LogP contribution in [0.1, 0.15) is 6.92 Å². The number of benzene rings is 3. The van der Waals surface area contributed by atoms with Gasteiger partial charge in [0, 0.05) is 42.9 Å². The molecule has 0 aromatic heterocycles. The fourth-order valence-electron chi connectivity index (χ4n) is 3.90. The highest BCUT2D eigenvalue weighted by Gasteiger charge is 2.26. The number of anilines is 2. The molecule has 3 aromatic carbocycles. The van der Waals surface area contributed by atoms with Crippen molar-refractivity contribution in [1.82, 2.24) is 4.90 Å². The van der Waals surface area contributed by atoms with Gasteiger partial charge in [-0.2, -0.15) is 0 Å². The number of nitrogens with one attached hydrogen (secondary N) is 1. The number of hydrogen-bond acceptors (Lipinski definition) is 4. The van der Waals surface area contributed by atoms with Crippen molar-refractivity contribution in [2.75, 3.05) is 43.5 Å². The Labute approximate surface area is 171 Å². The van der Waals surface area contributed by atoms with Crippen LogP contribution in [0, 0.1) is 0 Å². The van der Waals surface area contributed by atoms with Gasteiger partial charge in [-0.25, -0.2) is 0 Å². The van der Waals surface area contributed by atoms with Crippen LogP contribution < -0.4 is 15.0 Å². The van der Waals surface area contributed by atoms with Gasteiger partial charge in [0.1, 0.15) is 5.75 Å². The topological polar surface area (TPSA) is 44.8 Å². The van der Waals surface area contributed by atoms with Gasteiger partial charge in [-0.15, -0.1) is 0 Å². The van der Waals surface area contributed by atoms with Crippen molar-refractivity contribution in [3.05, 3.63) is 66.7 Å². The van der Waals surface area contributed by atoms with Crippen molar-refractivity contribution in [2.24, 2.45) is 0 Å². The average Bonchev–Trinajstić information content (AvgIpc) is 2.79. The largest absolute Gasteiger partial charge is 0.497 e. The molecule has 1 aliphatic heterocycles. The normalized spacial score (nSPS) is 15.9. The van der Waals surface area contributed by atoms with Gasteiger partial charge in [0.15, 0.2) is 0 Å². The van der Waals surface area contributed by atoms with Crippen molar-refractivity contribution < 1.29 is 9.53 Å². The molecule has 150 valence electrons. The van der Waals surface area contributed by atoms with Gasteiger partial charge >= 0.3 is 0 Å². The summed E-state index contributed by atoms with van der Waals surface area (Å²) in [5, 5.41) is 5.33. The number of methoxy groups -OCH3 is 1. The minimum atomic E-state index is -0.174. The van der Waals surface area contributed by atoms with E-state index in [0.29, 0.717) is 0 Å². The number of carbonyl (C=O) groups is 1. The minimum Gasteiger partial charge on any atom is -0.497 e. The van der Waals surface area contributed by atoms with Crippen molar-refractivity contribution >= 4 is 28.1 Å². The van der Waals surface area contributed by atoms with Crippen molar-refractivity contribution in [1.29, 1.82) is 0 Å². The summed E-state index contributed by atoms with van der Waals surface area (Å²) in [6.45, 7) is 5.51. The van der Waals surface area contributed by atoms with E-state index in [4.69, 9.17) is 4.74 Å². The predicted molar refractivity (Wildman–Crippen MR) is 119 cm³/mol. The molecule has 1 N–H and O–H groups in total. The molecule has 1 atom stereocenters. The number of rotatable bonds is 5. The van der Waals surface area contributed by atoms with Crippen LogP contribution in [0.15, 0.2) is 66.7 Å². The first-order valence-corrected chi connectivity index (χ1v) is 10.1. The smallest absolute Gasteiger partial charge is 0.241 e. The standard InChI is InChI=1S/C24H27N3O2/c1-18(24(28)25-23-9-5-7-19-6-3-4-8-22(19)23)26-14-16-27(17-15-26)20-10-12-21(29-2)13-11-20/h3-13,18H,14-17H2,1-2H3,(H,25,28). The quantitative estimate of drug-likeness (QED) is 0.716. The SMILES string of the molecule is COc1ccc(N2CCN(C(C)C(=O)Nc3cccc4ccccc34)CC2)cc1. The molecule has 1 aliphatic rings. The maximum absolute atomic E-state index is 12.9. The number of fused-ring (bicyclic) bond motifs is 1. The molecular weight excluding hydrogens is 362 g/mol. The predicted octanol–water partition coefficient (Wildman–Crippen LogP) is 4.00. The zero-order valence-corrected chi connectivity index (χ0v) is 17.0. The molecule has 1 fully saturated rings. The molecule has 0 bridgehead atoms. The lowest BCUT2D eigenvalue weighted by atomic mass is 10.1. The highest BCUT2D eigenvalue weighted by atomic mass is 16.5. The third kappa shape index (κ3) is 4.20. The van der Waals surface area contributed by atoms with E-state index in [1.165, 1.54) is 5.69 Å². The summed E-state index contributed by atoms with van der Waals surface area (Å²) in [7, 11) is 1.68. The highest BCUT2D eigenvalue weighted by Crippen LogP contribution is 2.24. The first-order valence-electron chi connectivity index (χ1n) is 10.1. The van der Waals surface area contributed by atoms with Crippen LogP contribution in [0.2, 0.25) is 0 Å². The lowest BCUT2D eigenvalue weighted by molar-refractivity contribution is -0.120. The van der Waals surface area contributed by atoms with Crippen LogP contribution in [0.25, 0.3) is 10.8 Å². The summed E-state index contributed by atoms with van der Waals surface area (Å²) in [5.41, 5.74) is 2.06. The van der Waals surface area contributed by atoms with E-state index in [2.05, 4.69) is 39.4 Å². The Kier molecular flexibility index (Phi) is 5.67. The van der Waals surface area contributed by atoms with Crippen molar-refractivity contribution in [3.8, 4) is 5.75 Å². The van der Waals surface area contributed by atoms with Crippen LogP contribution in [0.3, 0.4) is 0 Å². The molecule has 1 saturated heterocycles. The van der Waals surface area contributed by atoms with Gasteiger partial charge in [-0.3, -0.25) is 9.69 Å². The van der Waals surface area contributed by atoms with E-state index >= 15 is 0 Å². The Bertz CT molecular complexity index is 974. The summed E-state index contributed by atoms with van der Waals surface area (Å²) >= 11 is 0. The second-order valence-electron chi connectivity index (χ2n) is 7.41. The molecule has 0 spiro atoms. The zero-order valence-electron chi connectivity index (χ0n) is 17.0. The Morgan fingerprint density at radius 1 is 0.931 bits per heavy atom. The maximum Gasteiger partial charge on any atom is 0.241 e. The fraction of sp³-hybridized carbons (Fsp3) is 0.292. The molecular formula is C24H27N3O2.